The topological polar surface area (TPSA) is 37.0 Å². The summed E-state index contributed by atoms with van der Waals surface area (Å²) in [6, 6.07) is 6.15. The molecule has 3 rings (SSSR count). The van der Waals surface area contributed by atoms with Crippen molar-refractivity contribution in [2.75, 3.05) is 0 Å². The van der Waals surface area contributed by atoms with E-state index in [1.54, 1.807) is 0 Å². The number of rotatable bonds is 2. The third-order valence-corrected chi connectivity index (χ3v) is 3.00. The zero-order valence-electron chi connectivity index (χ0n) is 9.95. The van der Waals surface area contributed by atoms with Gasteiger partial charge in [0.1, 0.15) is 0 Å². The Morgan fingerprint density at radius 1 is 0.778 bits per heavy atom. The normalized spacial score (nSPS) is 16.7. The summed E-state index contributed by atoms with van der Waals surface area (Å²) in [7, 11) is 0. The molecule has 86 valence electrons. The van der Waals surface area contributed by atoms with E-state index in [9.17, 15) is 0 Å². The maximum absolute atomic E-state index is 4.72. The third kappa shape index (κ3) is 2.25. The summed E-state index contributed by atoms with van der Waals surface area (Å²) in [5.74, 6) is 4.21. The Morgan fingerprint density at radius 3 is 1.78 bits per heavy atom. The van der Waals surface area contributed by atoms with Gasteiger partial charge >= 0.3 is 13.7 Å². The van der Waals surface area contributed by atoms with Crippen LogP contribution in [0.4, 0.5) is 0 Å². The van der Waals surface area contributed by atoms with Gasteiger partial charge in [0.05, 0.1) is 0 Å². The van der Waals surface area contributed by atoms with Gasteiger partial charge < -0.3 is 10.5 Å². The molecule has 1 aromatic rings. The molecule has 0 spiro atoms. The number of nitrogens with zero attached hydrogens (tertiary/aromatic N) is 1. The maximum atomic E-state index is 4.72. The molecule has 0 saturated carbocycles. The van der Waals surface area contributed by atoms with Crippen LogP contribution in [0.25, 0.3) is 0 Å². The number of aromatic nitrogens is 1. The van der Waals surface area contributed by atoms with Crippen molar-refractivity contribution in [2.45, 2.75) is 0 Å². The van der Waals surface area contributed by atoms with Crippen molar-refractivity contribution in [1.29, 1.82) is 0 Å². The molecule has 0 radical (unpaired) electrons. The molecule has 0 fully saturated rings. The number of allylic oxidation sites excluding steroid dienone is 4. The van der Waals surface area contributed by atoms with Crippen LogP contribution in [0.5, 0.6) is 0 Å². The minimum atomic E-state index is 0.165. The van der Waals surface area contributed by atoms with Gasteiger partial charge in [-0.05, 0) is 36.7 Å². The third-order valence-electron chi connectivity index (χ3n) is 3.00. The molecular weight excluding hydrogens is 220 g/mol. The summed E-state index contributed by atoms with van der Waals surface area (Å²) >= 11 is 0. The molecule has 2 aliphatic rings. The number of hydrogen-bond donors (Lipinski definition) is 2. The molecule has 2 aliphatic heterocycles. The van der Waals surface area contributed by atoms with Crippen LogP contribution in [0.3, 0.4) is 0 Å². The van der Waals surface area contributed by atoms with Gasteiger partial charge in [-0.1, -0.05) is 30.2 Å². The standard InChI is InChI=1S/C13H13B2N3/c1-3-10-16-14(8-1)12-6-5-7-13(18-12)15-9-2-4-11-17-15/h1-11,16-17H. The quantitative estimate of drug-likeness (QED) is 0.700. The fraction of sp³-hybridized carbons (Fsp3) is 0. The largest absolute Gasteiger partial charge is 0.425 e. The lowest BCUT2D eigenvalue weighted by Gasteiger charge is -2.15. The second-order valence-electron chi connectivity index (χ2n) is 4.26. The van der Waals surface area contributed by atoms with Gasteiger partial charge in [0.2, 0.25) is 0 Å². The van der Waals surface area contributed by atoms with Gasteiger partial charge in [0.15, 0.2) is 0 Å². The Kier molecular flexibility index (Phi) is 3.05. The monoisotopic (exact) mass is 233 g/mol. The molecule has 0 aromatic carbocycles. The molecule has 0 atom stereocenters. The molecule has 3 nitrogen and oxygen atoms in total. The summed E-state index contributed by atoms with van der Waals surface area (Å²) in [4.78, 5) is 4.72. The molecule has 18 heavy (non-hydrogen) atoms. The summed E-state index contributed by atoms with van der Waals surface area (Å²) in [5, 5.41) is 6.57. The van der Waals surface area contributed by atoms with Crippen molar-refractivity contribution < 1.29 is 0 Å². The lowest BCUT2D eigenvalue weighted by atomic mass is 9.55. The minimum absolute atomic E-state index is 0.165. The predicted molar refractivity (Wildman–Crippen MR) is 77.8 cm³/mol. The number of pyridine rings is 1. The Labute approximate surface area is 108 Å². The van der Waals surface area contributed by atoms with E-state index in [1.165, 1.54) is 0 Å². The second-order valence-corrected chi connectivity index (χ2v) is 4.26. The van der Waals surface area contributed by atoms with Gasteiger partial charge in [-0.25, -0.2) is 0 Å². The fourth-order valence-corrected chi connectivity index (χ4v) is 2.07. The average molecular weight is 233 g/mol. The molecule has 0 saturated heterocycles. The molecule has 0 unspecified atom stereocenters. The van der Waals surface area contributed by atoms with E-state index in [1.807, 2.05) is 48.8 Å². The van der Waals surface area contributed by atoms with Crippen molar-refractivity contribution in [1.82, 2.24) is 15.4 Å². The fourth-order valence-electron chi connectivity index (χ4n) is 2.07. The Bertz CT molecular complexity index is 504. The molecule has 2 N–H and O–H groups in total. The van der Waals surface area contributed by atoms with E-state index < -0.39 is 0 Å². The second kappa shape index (κ2) is 5.00. The summed E-state index contributed by atoms with van der Waals surface area (Å²) in [6.07, 6.45) is 11.9. The highest BCUT2D eigenvalue weighted by molar-refractivity contribution is 6.77. The maximum Gasteiger partial charge on any atom is 0.333 e. The molecular formula is C13H13B2N3. The molecule has 5 heteroatoms. The minimum Gasteiger partial charge on any atom is -0.425 e. The molecule has 0 amide bonds. The molecule has 3 heterocycles. The Morgan fingerprint density at radius 2 is 1.33 bits per heavy atom. The van der Waals surface area contributed by atoms with E-state index in [0.717, 1.165) is 11.2 Å². The molecule has 0 aliphatic carbocycles. The first-order valence-corrected chi connectivity index (χ1v) is 6.09. The van der Waals surface area contributed by atoms with Gasteiger partial charge in [-0.15, -0.1) is 0 Å². The van der Waals surface area contributed by atoms with Crippen LogP contribution < -0.4 is 21.6 Å². The van der Waals surface area contributed by atoms with Gasteiger partial charge in [0.25, 0.3) is 0 Å². The van der Waals surface area contributed by atoms with Crippen LogP contribution in [-0.2, 0) is 0 Å². The summed E-state index contributed by atoms with van der Waals surface area (Å²) < 4.78 is 0. The number of nitrogens with one attached hydrogen (secondary N) is 2. The first-order chi connectivity index (χ1) is 8.93. The van der Waals surface area contributed by atoms with Crippen molar-refractivity contribution in [3.05, 3.63) is 66.9 Å². The lowest BCUT2D eigenvalue weighted by Crippen LogP contribution is -2.50. The van der Waals surface area contributed by atoms with E-state index >= 15 is 0 Å². The van der Waals surface area contributed by atoms with Crippen molar-refractivity contribution in [2.24, 2.45) is 0 Å². The highest BCUT2D eigenvalue weighted by Crippen LogP contribution is 1.93. The smallest absolute Gasteiger partial charge is 0.333 e. The molecule has 1 aromatic heterocycles. The van der Waals surface area contributed by atoms with Crippen LogP contribution in [-0.4, -0.2) is 18.7 Å². The summed E-state index contributed by atoms with van der Waals surface area (Å²) in [5.41, 5.74) is 2.08. The van der Waals surface area contributed by atoms with Crippen LogP contribution in [0.2, 0.25) is 0 Å². The van der Waals surface area contributed by atoms with Crippen LogP contribution >= 0.6 is 0 Å². The Balaban J connectivity index is 1.84. The predicted octanol–water partition coefficient (Wildman–Crippen LogP) is -0.0968. The van der Waals surface area contributed by atoms with Gasteiger partial charge in [0, 0.05) is 11.2 Å². The van der Waals surface area contributed by atoms with Crippen LogP contribution in [0.1, 0.15) is 0 Å². The zero-order chi connectivity index (χ0) is 12.2. The summed E-state index contributed by atoms with van der Waals surface area (Å²) in [6.45, 7) is 0.330. The van der Waals surface area contributed by atoms with Gasteiger partial charge in [-0.2, -0.15) is 0 Å². The average Bonchev–Trinajstić information content (AvgIpc) is 2.49. The van der Waals surface area contributed by atoms with Crippen LogP contribution in [0.15, 0.2) is 66.9 Å². The lowest BCUT2D eigenvalue weighted by molar-refractivity contribution is 1.28. The van der Waals surface area contributed by atoms with Crippen molar-refractivity contribution >= 4 is 24.9 Å². The first-order valence-electron chi connectivity index (χ1n) is 6.09. The van der Waals surface area contributed by atoms with Crippen molar-refractivity contribution in [3.63, 3.8) is 0 Å². The van der Waals surface area contributed by atoms with E-state index in [-0.39, 0.29) is 13.7 Å². The van der Waals surface area contributed by atoms with E-state index in [2.05, 4.69) is 28.5 Å². The Hall–Kier alpha value is -2.16. The molecule has 0 bridgehead atoms. The van der Waals surface area contributed by atoms with Gasteiger partial charge in [-0.3, -0.25) is 4.98 Å². The highest BCUT2D eigenvalue weighted by Gasteiger charge is 2.19. The van der Waals surface area contributed by atoms with Crippen LogP contribution in [0, 0.1) is 0 Å². The SMILES string of the molecule is C1=CNB(c2cccc(B3C=CC=CN3)n2)C=C1. The van der Waals surface area contributed by atoms with E-state index in [4.69, 9.17) is 4.98 Å². The zero-order valence-corrected chi connectivity index (χ0v) is 9.95. The highest BCUT2D eigenvalue weighted by atomic mass is 14.8. The van der Waals surface area contributed by atoms with Crippen molar-refractivity contribution in [3.8, 4) is 0 Å². The van der Waals surface area contributed by atoms with E-state index in [0.29, 0.717) is 0 Å². The number of hydrogen-bond acceptors (Lipinski definition) is 3. The first kappa shape index (κ1) is 11.0.